The summed E-state index contributed by atoms with van der Waals surface area (Å²) in [7, 11) is 0. The van der Waals surface area contributed by atoms with Crippen molar-refractivity contribution in [1.82, 2.24) is 14.8 Å². The normalized spacial score (nSPS) is 12.1. The van der Waals surface area contributed by atoms with Crippen molar-refractivity contribution in [2.75, 3.05) is 18.7 Å². The molecule has 8 nitrogen and oxygen atoms in total. The first kappa shape index (κ1) is 21.6. The Balaban J connectivity index is 1.31. The summed E-state index contributed by atoms with van der Waals surface area (Å²) in [5.74, 6) is 1.88. The fourth-order valence-electron chi connectivity index (χ4n) is 3.20. The Morgan fingerprint density at radius 3 is 2.88 bits per heavy atom. The molecule has 168 valence electrons. The number of aryl methyl sites for hydroxylation is 1. The van der Waals surface area contributed by atoms with Crippen LogP contribution in [0.3, 0.4) is 0 Å². The fraction of sp³-hybridized carbons (Fsp3) is 0.136. The summed E-state index contributed by atoms with van der Waals surface area (Å²) in [6, 6.07) is 12.2. The molecular weight excluding hydrogens is 487 g/mol. The molecule has 1 aliphatic rings. The summed E-state index contributed by atoms with van der Waals surface area (Å²) >= 11 is 13.4. The molecule has 11 heteroatoms. The van der Waals surface area contributed by atoms with Crippen LogP contribution in [0, 0.1) is 6.92 Å². The van der Waals surface area contributed by atoms with Gasteiger partial charge in [-0.2, -0.15) is 9.78 Å². The summed E-state index contributed by atoms with van der Waals surface area (Å²) in [6.45, 7) is 1.82. The van der Waals surface area contributed by atoms with E-state index >= 15 is 0 Å². The number of rotatable bonds is 6. The van der Waals surface area contributed by atoms with Crippen molar-refractivity contribution in [3.05, 3.63) is 63.6 Å². The smallest absolute Gasteiger partial charge is 0.263 e. The van der Waals surface area contributed by atoms with Gasteiger partial charge in [0.05, 0.1) is 16.4 Å². The molecule has 0 saturated carbocycles. The molecule has 0 saturated heterocycles. The molecule has 0 aliphatic carbocycles. The van der Waals surface area contributed by atoms with Crippen molar-refractivity contribution in [2.24, 2.45) is 0 Å². The molecule has 2 aromatic heterocycles. The first-order valence-electron chi connectivity index (χ1n) is 9.76. The van der Waals surface area contributed by atoms with E-state index in [1.54, 1.807) is 28.9 Å². The van der Waals surface area contributed by atoms with Gasteiger partial charge < -0.3 is 19.5 Å². The Morgan fingerprint density at radius 2 is 2.03 bits per heavy atom. The van der Waals surface area contributed by atoms with E-state index in [2.05, 4.69) is 15.4 Å². The number of hydrogen-bond acceptors (Lipinski definition) is 7. The lowest BCUT2D eigenvalue weighted by Crippen LogP contribution is -2.22. The Labute approximate surface area is 202 Å². The molecule has 3 heterocycles. The van der Waals surface area contributed by atoms with E-state index in [0.29, 0.717) is 38.2 Å². The number of carbonyl (C=O) groups is 1. The lowest BCUT2D eigenvalue weighted by molar-refractivity contribution is -0.118. The Morgan fingerprint density at radius 1 is 1.18 bits per heavy atom. The van der Waals surface area contributed by atoms with E-state index in [1.807, 2.05) is 30.5 Å². The molecule has 0 spiro atoms. The number of anilines is 1. The number of nitrogens with one attached hydrogen (secondary N) is 1. The summed E-state index contributed by atoms with van der Waals surface area (Å²) < 4.78 is 17.9. The maximum Gasteiger partial charge on any atom is 0.263 e. The molecule has 1 aliphatic heterocycles. The van der Waals surface area contributed by atoms with Crippen molar-refractivity contribution in [2.45, 2.75) is 6.92 Å². The molecule has 1 amide bonds. The van der Waals surface area contributed by atoms with Gasteiger partial charge in [0.15, 0.2) is 18.1 Å². The molecule has 0 unspecified atom stereocenters. The van der Waals surface area contributed by atoms with Gasteiger partial charge in [0, 0.05) is 22.0 Å². The molecule has 0 atom stereocenters. The van der Waals surface area contributed by atoms with Gasteiger partial charge in [-0.1, -0.05) is 23.2 Å². The van der Waals surface area contributed by atoms with E-state index in [4.69, 9.17) is 37.4 Å². The van der Waals surface area contributed by atoms with Crippen LogP contribution in [0.1, 0.15) is 5.69 Å². The number of thiazole rings is 1. The summed E-state index contributed by atoms with van der Waals surface area (Å²) in [5, 5.41) is 10.6. The lowest BCUT2D eigenvalue weighted by Gasteiger charge is -2.09. The SMILES string of the molecule is Cc1cc(NC(=O)COc2ccc(Cl)cc2Cl)n(-c2nc(-c3ccc4c(c3)OCO4)cs2)n1. The quantitative estimate of drug-likeness (QED) is 0.382. The molecular formula is C22H16Cl2N4O4S. The van der Waals surface area contributed by atoms with Crippen LogP contribution in [0.15, 0.2) is 47.8 Å². The second-order valence-electron chi connectivity index (χ2n) is 7.08. The topological polar surface area (TPSA) is 87.5 Å². The van der Waals surface area contributed by atoms with Gasteiger partial charge in [-0.15, -0.1) is 11.3 Å². The van der Waals surface area contributed by atoms with Gasteiger partial charge in [-0.05, 0) is 43.3 Å². The largest absolute Gasteiger partial charge is 0.482 e. The van der Waals surface area contributed by atoms with Gasteiger partial charge in [-0.25, -0.2) is 4.98 Å². The van der Waals surface area contributed by atoms with Gasteiger partial charge >= 0.3 is 0 Å². The second kappa shape index (κ2) is 8.93. The monoisotopic (exact) mass is 502 g/mol. The highest BCUT2D eigenvalue weighted by Crippen LogP contribution is 2.36. The lowest BCUT2D eigenvalue weighted by atomic mass is 10.1. The first-order chi connectivity index (χ1) is 16.0. The average Bonchev–Trinajstić information content (AvgIpc) is 3.52. The minimum absolute atomic E-state index is 0.213. The van der Waals surface area contributed by atoms with Gasteiger partial charge in [0.1, 0.15) is 11.6 Å². The van der Waals surface area contributed by atoms with Crippen LogP contribution in [0.5, 0.6) is 17.2 Å². The maximum absolute atomic E-state index is 12.5. The van der Waals surface area contributed by atoms with Crippen molar-refractivity contribution >= 4 is 46.3 Å². The number of carbonyl (C=O) groups excluding carboxylic acids is 1. The highest BCUT2D eigenvalue weighted by Gasteiger charge is 2.18. The third-order valence-corrected chi connectivity index (χ3v) is 6.04. The fourth-order valence-corrected chi connectivity index (χ4v) is 4.46. The van der Waals surface area contributed by atoms with E-state index < -0.39 is 0 Å². The van der Waals surface area contributed by atoms with E-state index in [1.165, 1.54) is 11.3 Å². The van der Waals surface area contributed by atoms with Crippen LogP contribution in [-0.2, 0) is 4.79 Å². The number of nitrogens with zero attached hydrogens (tertiary/aromatic N) is 3. The number of halogens is 2. The number of hydrogen-bond donors (Lipinski definition) is 1. The third kappa shape index (κ3) is 4.61. The molecule has 33 heavy (non-hydrogen) atoms. The number of fused-ring (bicyclic) bond motifs is 1. The van der Waals surface area contributed by atoms with E-state index in [9.17, 15) is 4.79 Å². The molecule has 0 bridgehead atoms. The minimum atomic E-state index is -0.366. The van der Waals surface area contributed by atoms with Crippen molar-refractivity contribution in [1.29, 1.82) is 0 Å². The summed E-state index contributed by atoms with van der Waals surface area (Å²) in [5.41, 5.74) is 2.38. The Bertz CT molecular complexity index is 1350. The highest BCUT2D eigenvalue weighted by atomic mass is 35.5. The predicted molar refractivity (Wildman–Crippen MR) is 126 cm³/mol. The molecule has 0 fully saturated rings. The maximum atomic E-state index is 12.5. The van der Waals surface area contributed by atoms with Crippen LogP contribution in [-0.4, -0.2) is 34.1 Å². The molecule has 1 N–H and O–H groups in total. The first-order valence-corrected chi connectivity index (χ1v) is 11.4. The van der Waals surface area contributed by atoms with Crippen LogP contribution < -0.4 is 19.5 Å². The van der Waals surface area contributed by atoms with Gasteiger partial charge in [0.2, 0.25) is 11.9 Å². The van der Waals surface area contributed by atoms with Crippen LogP contribution in [0.25, 0.3) is 16.4 Å². The molecule has 2 aromatic carbocycles. The van der Waals surface area contributed by atoms with Crippen LogP contribution in [0.2, 0.25) is 10.0 Å². The summed E-state index contributed by atoms with van der Waals surface area (Å²) in [6.07, 6.45) is 0. The van der Waals surface area contributed by atoms with E-state index in [0.717, 1.165) is 17.0 Å². The second-order valence-corrected chi connectivity index (χ2v) is 8.76. The number of amides is 1. The Kier molecular flexibility index (Phi) is 5.84. The zero-order valence-electron chi connectivity index (χ0n) is 17.2. The number of aromatic nitrogens is 3. The Hall–Kier alpha value is -3.27. The molecule has 5 rings (SSSR count). The van der Waals surface area contributed by atoms with Gasteiger partial charge in [-0.3, -0.25) is 4.79 Å². The van der Waals surface area contributed by atoms with Gasteiger partial charge in [0.25, 0.3) is 5.91 Å². The molecule has 0 radical (unpaired) electrons. The van der Waals surface area contributed by atoms with Crippen LogP contribution >= 0.6 is 34.5 Å². The third-order valence-electron chi connectivity index (χ3n) is 4.69. The molecule has 4 aromatic rings. The summed E-state index contributed by atoms with van der Waals surface area (Å²) in [4.78, 5) is 17.2. The minimum Gasteiger partial charge on any atom is -0.482 e. The average molecular weight is 503 g/mol. The van der Waals surface area contributed by atoms with Crippen molar-refractivity contribution in [3.63, 3.8) is 0 Å². The number of ether oxygens (including phenoxy) is 3. The van der Waals surface area contributed by atoms with E-state index in [-0.39, 0.29) is 19.3 Å². The highest BCUT2D eigenvalue weighted by molar-refractivity contribution is 7.12. The zero-order chi connectivity index (χ0) is 22.9. The van der Waals surface area contributed by atoms with Crippen molar-refractivity contribution in [3.8, 4) is 33.6 Å². The number of benzene rings is 2. The van der Waals surface area contributed by atoms with Crippen molar-refractivity contribution < 1.29 is 19.0 Å². The predicted octanol–water partition coefficient (Wildman–Crippen LogP) is 5.36. The van der Waals surface area contributed by atoms with Crippen LogP contribution in [0.4, 0.5) is 5.82 Å². The zero-order valence-corrected chi connectivity index (χ0v) is 19.5. The standard InChI is InChI=1S/C22H16Cl2N4O4S/c1-12-6-20(26-21(29)9-30-17-5-3-14(23)8-15(17)24)28(27-12)22-25-16(10-33-22)13-2-4-18-19(7-13)32-11-31-18/h2-8,10H,9,11H2,1H3,(H,26,29).